The number of benzene rings is 3. The quantitative estimate of drug-likeness (QED) is 0.543. The van der Waals surface area contributed by atoms with E-state index in [1.807, 2.05) is 43.4 Å². The van der Waals surface area contributed by atoms with Crippen LogP contribution >= 0.6 is 0 Å². The van der Waals surface area contributed by atoms with Crippen LogP contribution in [0, 0.1) is 0 Å². The lowest BCUT2D eigenvalue weighted by Crippen LogP contribution is -2.15. The summed E-state index contributed by atoms with van der Waals surface area (Å²) in [7, 11) is 1.84. The van der Waals surface area contributed by atoms with Crippen molar-refractivity contribution in [2.75, 3.05) is 65.2 Å². The second-order valence-corrected chi connectivity index (χ2v) is 7.88. The number of ether oxygens (including phenoxy) is 6. The van der Waals surface area contributed by atoms with Crippen molar-refractivity contribution >= 4 is 11.5 Å². The van der Waals surface area contributed by atoms with Crippen LogP contribution in [0.15, 0.2) is 66.7 Å². The number of rotatable bonds is 3. The fraction of sp³-hybridized carbons (Fsp3) is 0.321. The predicted octanol–water partition coefficient (Wildman–Crippen LogP) is 4.22. The van der Waals surface area contributed by atoms with Gasteiger partial charge in [0.1, 0.15) is 26.4 Å². The Bertz CT molecular complexity index is 1120. The molecule has 3 aromatic rings. The second-order valence-electron chi connectivity index (χ2n) is 7.88. The lowest BCUT2D eigenvalue weighted by molar-refractivity contribution is 0.0640. The van der Waals surface area contributed by atoms with E-state index in [4.69, 9.17) is 28.4 Å². The third-order valence-corrected chi connectivity index (χ3v) is 5.43. The van der Waals surface area contributed by atoms with Gasteiger partial charge in [-0.2, -0.15) is 0 Å². The highest BCUT2D eigenvalue weighted by molar-refractivity contribution is 6.09. The van der Waals surface area contributed by atoms with Gasteiger partial charge in [-0.15, -0.1) is 0 Å². The zero-order valence-corrected chi connectivity index (χ0v) is 20.4. The fourth-order valence-corrected chi connectivity index (χ4v) is 3.57. The number of para-hydroxylation sites is 2. The van der Waals surface area contributed by atoms with Gasteiger partial charge in [0.15, 0.2) is 28.8 Å². The molecule has 0 aliphatic carbocycles. The maximum Gasteiger partial charge on any atom is 0.193 e. The van der Waals surface area contributed by atoms with Crippen LogP contribution < -0.4 is 24.3 Å². The largest absolute Gasteiger partial charge is 0.487 e. The average molecular weight is 494 g/mol. The molecule has 1 aliphatic rings. The molecule has 0 aromatic heterocycles. The number of hydrogen-bond donors (Lipinski definition) is 1. The molecule has 0 bridgehead atoms. The molecular formula is C28H31NO7. The van der Waals surface area contributed by atoms with Gasteiger partial charge in [0.05, 0.1) is 26.4 Å². The van der Waals surface area contributed by atoms with Crippen molar-refractivity contribution in [3.8, 4) is 23.0 Å². The summed E-state index contributed by atoms with van der Waals surface area (Å²) in [5.41, 5.74) is 2.04. The normalized spacial score (nSPS) is 15.2. The molecule has 1 N–H and O–H groups in total. The smallest absolute Gasteiger partial charge is 0.193 e. The van der Waals surface area contributed by atoms with Crippen LogP contribution in [0.5, 0.6) is 23.0 Å². The molecule has 0 saturated heterocycles. The minimum absolute atomic E-state index is 0.0967. The van der Waals surface area contributed by atoms with Crippen molar-refractivity contribution in [2.24, 2.45) is 0 Å². The Morgan fingerprint density at radius 1 is 0.583 bits per heavy atom. The molecule has 0 unspecified atom stereocenters. The first-order valence-electron chi connectivity index (χ1n) is 12.0. The number of hydrogen-bond acceptors (Lipinski definition) is 8. The number of carbonyl (C=O) groups is 1. The molecule has 36 heavy (non-hydrogen) atoms. The van der Waals surface area contributed by atoms with E-state index in [0.717, 1.165) is 5.69 Å². The van der Waals surface area contributed by atoms with Crippen LogP contribution in [0.1, 0.15) is 15.9 Å². The Hall–Kier alpha value is -3.75. The van der Waals surface area contributed by atoms with Crippen LogP contribution in [0.25, 0.3) is 0 Å². The molecule has 3 aromatic carbocycles. The van der Waals surface area contributed by atoms with E-state index >= 15 is 0 Å². The van der Waals surface area contributed by atoms with Gasteiger partial charge >= 0.3 is 0 Å². The Labute approximate surface area is 211 Å². The Morgan fingerprint density at radius 3 is 1.58 bits per heavy atom. The summed E-state index contributed by atoms with van der Waals surface area (Å²) in [6.07, 6.45) is 0. The predicted molar refractivity (Wildman–Crippen MR) is 136 cm³/mol. The van der Waals surface area contributed by atoms with E-state index in [9.17, 15) is 4.79 Å². The van der Waals surface area contributed by atoms with Crippen molar-refractivity contribution in [3.05, 3.63) is 77.9 Å². The number of carbonyl (C=O) groups excluding carboxylic acids is 1. The van der Waals surface area contributed by atoms with Gasteiger partial charge < -0.3 is 33.7 Å². The summed E-state index contributed by atoms with van der Waals surface area (Å²) in [6.45, 7) is 2.91. The molecule has 0 fully saturated rings. The summed E-state index contributed by atoms with van der Waals surface area (Å²) < 4.78 is 34.7. The molecule has 1 aliphatic heterocycles. The van der Waals surface area contributed by atoms with E-state index < -0.39 is 0 Å². The summed E-state index contributed by atoms with van der Waals surface area (Å²) >= 11 is 0. The first-order chi connectivity index (χ1) is 17.7. The highest BCUT2D eigenvalue weighted by Crippen LogP contribution is 2.30. The zero-order chi connectivity index (χ0) is 25.0. The highest BCUT2D eigenvalue weighted by Gasteiger charge is 2.14. The van der Waals surface area contributed by atoms with Crippen molar-refractivity contribution in [3.63, 3.8) is 0 Å². The van der Waals surface area contributed by atoms with Crippen LogP contribution in [-0.4, -0.2) is 65.7 Å². The summed E-state index contributed by atoms with van der Waals surface area (Å²) in [4.78, 5) is 13.0. The molecule has 1 heterocycles. The zero-order valence-electron chi connectivity index (χ0n) is 20.4. The Balaban J connectivity index is 1.41. The van der Waals surface area contributed by atoms with Gasteiger partial charge in [0.2, 0.25) is 0 Å². The van der Waals surface area contributed by atoms with E-state index in [1.54, 1.807) is 30.3 Å². The van der Waals surface area contributed by atoms with Crippen LogP contribution in [0.3, 0.4) is 0 Å². The third kappa shape index (κ3) is 7.13. The van der Waals surface area contributed by atoms with Crippen LogP contribution in [0.4, 0.5) is 5.69 Å². The van der Waals surface area contributed by atoms with Gasteiger partial charge in [0.25, 0.3) is 0 Å². The minimum Gasteiger partial charge on any atom is -0.487 e. The molecule has 0 amide bonds. The highest BCUT2D eigenvalue weighted by atomic mass is 16.6. The van der Waals surface area contributed by atoms with Gasteiger partial charge in [-0.1, -0.05) is 12.1 Å². The molecule has 8 heteroatoms. The van der Waals surface area contributed by atoms with Crippen molar-refractivity contribution in [1.29, 1.82) is 0 Å². The third-order valence-electron chi connectivity index (χ3n) is 5.43. The van der Waals surface area contributed by atoms with E-state index in [1.165, 1.54) is 0 Å². The molecule has 0 radical (unpaired) electrons. The summed E-state index contributed by atoms with van der Waals surface area (Å²) in [6, 6.07) is 20.0. The van der Waals surface area contributed by atoms with Crippen molar-refractivity contribution in [1.82, 2.24) is 0 Å². The molecule has 190 valence electrons. The molecular weight excluding hydrogens is 462 g/mol. The average Bonchev–Trinajstić information content (AvgIpc) is 2.92. The molecule has 8 nitrogen and oxygen atoms in total. The van der Waals surface area contributed by atoms with E-state index in [-0.39, 0.29) is 5.78 Å². The Morgan fingerprint density at radius 2 is 1.06 bits per heavy atom. The molecule has 0 atom stereocenters. The topological polar surface area (TPSA) is 84.5 Å². The van der Waals surface area contributed by atoms with E-state index in [0.29, 0.717) is 87.0 Å². The monoisotopic (exact) mass is 493 g/mol. The number of nitrogens with one attached hydrogen (secondary N) is 1. The second kappa shape index (κ2) is 13.4. The molecule has 4 rings (SSSR count). The standard InChI is InChI=1S/C28H31NO7/c1-29-23-9-6-21(7-10-23)28(30)22-8-11-26-27(20-22)36-19-15-32-13-17-34-25-5-3-2-4-24(25)33-16-12-31-14-18-35-26/h2-11,20,29H,12-19H2,1H3. The number of ketones is 1. The van der Waals surface area contributed by atoms with Crippen molar-refractivity contribution in [2.45, 2.75) is 0 Å². The summed E-state index contributed by atoms with van der Waals surface area (Å²) in [5, 5.41) is 3.05. The summed E-state index contributed by atoms with van der Waals surface area (Å²) in [5.74, 6) is 2.24. The Kier molecular flexibility index (Phi) is 9.41. The van der Waals surface area contributed by atoms with Gasteiger partial charge in [0, 0.05) is 23.9 Å². The van der Waals surface area contributed by atoms with Crippen LogP contribution in [0.2, 0.25) is 0 Å². The lowest BCUT2D eigenvalue weighted by Gasteiger charge is -2.16. The molecule has 0 spiro atoms. The van der Waals surface area contributed by atoms with Crippen LogP contribution in [-0.2, 0) is 9.47 Å². The maximum absolute atomic E-state index is 13.0. The fourth-order valence-electron chi connectivity index (χ4n) is 3.57. The van der Waals surface area contributed by atoms with Gasteiger partial charge in [-0.25, -0.2) is 0 Å². The van der Waals surface area contributed by atoms with E-state index in [2.05, 4.69) is 5.32 Å². The molecule has 0 saturated carbocycles. The minimum atomic E-state index is -0.0967. The lowest BCUT2D eigenvalue weighted by atomic mass is 10.0. The maximum atomic E-state index is 13.0. The number of anilines is 1. The van der Waals surface area contributed by atoms with Gasteiger partial charge in [-0.3, -0.25) is 4.79 Å². The SMILES string of the molecule is CNc1ccc(C(=O)c2ccc3c(c2)OCCOCCOc2ccccc2OCCOCCO3)cc1. The number of fused-ring (bicyclic) bond motifs is 2. The first-order valence-corrected chi connectivity index (χ1v) is 12.0. The first kappa shape index (κ1) is 25.3. The van der Waals surface area contributed by atoms with Crippen molar-refractivity contribution < 1.29 is 33.2 Å². The van der Waals surface area contributed by atoms with Gasteiger partial charge in [-0.05, 0) is 54.6 Å².